The summed E-state index contributed by atoms with van der Waals surface area (Å²) in [4.78, 5) is 0.370. The van der Waals surface area contributed by atoms with E-state index in [2.05, 4.69) is 26.5 Å². The van der Waals surface area contributed by atoms with Crippen LogP contribution in [0.1, 0.15) is 52.0 Å². The van der Waals surface area contributed by atoms with E-state index in [1.165, 1.54) is 0 Å². The van der Waals surface area contributed by atoms with Gasteiger partial charge < -0.3 is 0 Å². The molecule has 0 radical (unpaired) electrons. The fraction of sp³-hybridized carbons (Fsp3) is 0.524. The molecule has 1 aromatic carbocycles. The van der Waals surface area contributed by atoms with Gasteiger partial charge >= 0.3 is 0 Å². The van der Waals surface area contributed by atoms with Crippen LogP contribution in [0.3, 0.4) is 0 Å². The molecule has 0 aliphatic heterocycles. The zero-order chi connectivity index (χ0) is 18.9. The first-order chi connectivity index (χ1) is 11.8. The van der Waals surface area contributed by atoms with Crippen molar-refractivity contribution in [2.45, 2.75) is 64.3 Å². The summed E-state index contributed by atoms with van der Waals surface area (Å²) < 4.78 is 27.7. The molecule has 140 valence electrons. The predicted octanol–water partition coefficient (Wildman–Crippen LogP) is 5.33. The number of hydrogen-bond donors (Lipinski definition) is 0. The van der Waals surface area contributed by atoms with Crippen LogP contribution >= 0.6 is 0 Å². The Kier molecular flexibility index (Phi) is 9.15. The quantitative estimate of drug-likeness (QED) is 0.498. The molecule has 0 amide bonds. The second-order valence-electron chi connectivity index (χ2n) is 6.74. The third-order valence-corrected chi connectivity index (χ3v) is 6.42. The zero-order valence-corrected chi connectivity index (χ0v) is 16.9. The topological polar surface area (TPSA) is 37.4 Å². The van der Waals surface area contributed by atoms with E-state index in [0.29, 0.717) is 17.4 Å². The number of hydrogen-bond acceptors (Lipinski definition) is 2. The molecule has 0 aromatic heterocycles. The van der Waals surface area contributed by atoms with Gasteiger partial charge in [0.1, 0.15) is 0 Å². The molecular formula is C21H33NO2S. The first kappa shape index (κ1) is 21.7. The lowest BCUT2D eigenvalue weighted by Gasteiger charge is -2.26. The maximum atomic E-state index is 13.1. The van der Waals surface area contributed by atoms with E-state index in [0.717, 1.165) is 31.2 Å². The van der Waals surface area contributed by atoms with Gasteiger partial charge in [0.05, 0.1) is 4.90 Å². The maximum Gasteiger partial charge on any atom is 0.243 e. The second kappa shape index (κ2) is 10.6. The van der Waals surface area contributed by atoms with Crippen LogP contribution in [0.2, 0.25) is 0 Å². The van der Waals surface area contributed by atoms with Gasteiger partial charge in [0, 0.05) is 12.6 Å². The molecule has 1 aromatic rings. The molecule has 0 N–H and O–H groups in total. The molecule has 0 spiro atoms. The zero-order valence-electron chi connectivity index (χ0n) is 16.1. The van der Waals surface area contributed by atoms with Gasteiger partial charge in [-0.05, 0) is 51.2 Å². The van der Waals surface area contributed by atoms with E-state index < -0.39 is 10.0 Å². The Morgan fingerprint density at radius 3 is 2.40 bits per heavy atom. The number of rotatable bonds is 11. The summed E-state index contributed by atoms with van der Waals surface area (Å²) in [7, 11) is -3.48. The smallest absolute Gasteiger partial charge is 0.207 e. The number of allylic oxidation sites excluding steroid dienone is 2. The Bertz CT molecular complexity index is 647. The SMILES string of the molecule is C=CC(C)CC/C=C/C(C)N(CCCC)S(=O)(=O)c1ccc(C)cc1. The summed E-state index contributed by atoms with van der Waals surface area (Å²) >= 11 is 0. The molecule has 2 atom stereocenters. The highest BCUT2D eigenvalue weighted by atomic mass is 32.2. The van der Waals surface area contributed by atoms with Crippen molar-refractivity contribution in [3.8, 4) is 0 Å². The number of aryl methyl sites for hydroxylation is 1. The van der Waals surface area contributed by atoms with Crippen LogP contribution in [0.25, 0.3) is 0 Å². The molecule has 0 saturated heterocycles. The normalized spacial score (nSPS) is 14.8. The molecule has 25 heavy (non-hydrogen) atoms. The minimum Gasteiger partial charge on any atom is -0.207 e. The van der Waals surface area contributed by atoms with Crippen LogP contribution in [0.4, 0.5) is 0 Å². The predicted molar refractivity (Wildman–Crippen MR) is 107 cm³/mol. The summed E-state index contributed by atoms with van der Waals surface area (Å²) in [5, 5.41) is 0. The lowest BCUT2D eigenvalue weighted by Crippen LogP contribution is -2.38. The van der Waals surface area contributed by atoms with Gasteiger partial charge in [-0.1, -0.05) is 56.2 Å². The van der Waals surface area contributed by atoms with Crippen LogP contribution < -0.4 is 0 Å². The Balaban J connectivity index is 2.92. The standard InChI is InChI=1S/C21H33NO2S/c1-6-8-17-22(20(5)12-10-9-11-18(3)7-2)25(23,24)21-15-13-19(4)14-16-21/h7,10,12-16,18,20H,2,6,8-9,11,17H2,1,3-5H3/b12-10+. The number of nitrogens with zero attached hydrogens (tertiary/aromatic N) is 1. The molecule has 2 unspecified atom stereocenters. The van der Waals surface area contributed by atoms with E-state index in [-0.39, 0.29) is 6.04 Å². The van der Waals surface area contributed by atoms with Crippen LogP contribution in [0.5, 0.6) is 0 Å². The highest BCUT2D eigenvalue weighted by Gasteiger charge is 2.27. The Morgan fingerprint density at radius 2 is 1.84 bits per heavy atom. The Labute approximate surface area is 154 Å². The Hall–Kier alpha value is -1.39. The van der Waals surface area contributed by atoms with E-state index >= 15 is 0 Å². The van der Waals surface area contributed by atoms with Gasteiger partial charge in [-0.2, -0.15) is 4.31 Å². The molecule has 0 saturated carbocycles. The van der Waals surface area contributed by atoms with Crippen molar-refractivity contribution in [1.82, 2.24) is 4.31 Å². The fourth-order valence-electron chi connectivity index (χ4n) is 2.57. The average molecular weight is 364 g/mol. The number of benzene rings is 1. The van der Waals surface area contributed by atoms with Gasteiger partial charge in [-0.15, -0.1) is 6.58 Å². The van der Waals surface area contributed by atoms with Gasteiger partial charge in [0.25, 0.3) is 0 Å². The third-order valence-electron chi connectivity index (χ3n) is 4.42. The van der Waals surface area contributed by atoms with Crippen molar-refractivity contribution >= 4 is 10.0 Å². The van der Waals surface area contributed by atoms with Crippen LogP contribution in [0, 0.1) is 12.8 Å². The fourth-order valence-corrected chi connectivity index (χ4v) is 4.20. The van der Waals surface area contributed by atoms with Crippen LogP contribution in [-0.2, 0) is 10.0 Å². The van der Waals surface area contributed by atoms with E-state index in [1.807, 2.05) is 38.1 Å². The summed E-state index contributed by atoms with van der Waals surface area (Å²) in [6.45, 7) is 12.5. The summed E-state index contributed by atoms with van der Waals surface area (Å²) in [5.41, 5.74) is 1.06. The second-order valence-corrected chi connectivity index (χ2v) is 8.63. The molecule has 0 bridgehead atoms. The summed E-state index contributed by atoms with van der Waals surface area (Å²) in [6.07, 6.45) is 9.85. The highest BCUT2D eigenvalue weighted by Crippen LogP contribution is 2.20. The van der Waals surface area contributed by atoms with Crippen molar-refractivity contribution in [2.24, 2.45) is 5.92 Å². The first-order valence-electron chi connectivity index (χ1n) is 9.20. The minimum absolute atomic E-state index is 0.156. The van der Waals surface area contributed by atoms with E-state index in [1.54, 1.807) is 16.4 Å². The highest BCUT2D eigenvalue weighted by molar-refractivity contribution is 7.89. The van der Waals surface area contributed by atoms with Crippen LogP contribution in [0.15, 0.2) is 54.0 Å². The number of unbranched alkanes of at least 4 members (excludes halogenated alkanes) is 1. The third kappa shape index (κ3) is 6.79. The van der Waals surface area contributed by atoms with Crippen molar-refractivity contribution in [2.75, 3.05) is 6.54 Å². The molecule has 4 heteroatoms. The summed E-state index contributed by atoms with van der Waals surface area (Å²) in [6, 6.07) is 6.94. The van der Waals surface area contributed by atoms with Crippen LogP contribution in [-0.4, -0.2) is 25.3 Å². The van der Waals surface area contributed by atoms with Gasteiger partial charge in [0.2, 0.25) is 10.0 Å². The first-order valence-corrected chi connectivity index (χ1v) is 10.6. The van der Waals surface area contributed by atoms with Crippen molar-refractivity contribution in [1.29, 1.82) is 0 Å². The van der Waals surface area contributed by atoms with E-state index in [9.17, 15) is 8.42 Å². The van der Waals surface area contributed by atoms with Gasteiger partial charge in [0.15, 0.2) is 0 Å². The van der Waals surface area contributed by atoms with Crippen molar-refractivity contribution in [3.05, 3.63) is 54.6 Å². The number of sulfonamides is 1. The molecule has 0 aliphatic rings. The molecule has 0 heterocycles. The molecule has 1 rings (SSSR count). The van der Waals surface area contributed by atoms with E-state index in [4.69, 9.17) is 0 Å². The minimum atomic E-state index is -3.48. The molecular weight excluding hydrogens is 330 g/mol. The summed E-state index contributed by atoms with van der Waals surface area (Å²) in [5.74, 6) is 0.479. The molecule has 3 nitrogen and oxygen atoms in total. The average Bonchev–Trinajstić information content (AvgIpc) is 2.59. The van der Waals surface area contributed by atoms with Crippen molar-refractivity contribution < 1.29 is 8.42 Å². The lowest BCUT2D eigenvalue weighted by molar-refractivity contribution is 0.370. The van der Waals surface area contributed by atoms with Gasteiger partial charge in [-0.3, -0.25) is 0 Å². The van der Waals surface area contributed by atoms with Gasteiger partial charge in [-0.25, -0.2) is 8.42 Å². The monoisotopic (exact) mass is 363 g/mol. The molecule has 0 aliphatic carbocycles. The van der Waals surface area contributed by atoms with Crippen molar-refractivity contribution in [3.63, 3.8) is 0 Å². The largest absolute Gasteiger partial charge is 0.243 e. The molecule has 0 fully saturated rings. The lowest BCUT2D eigenvalue weighted by atomic mass is 10.1. The maximum absolute atomic E-state index is 13.1. The Morgan fingerprint density at radius 1 is 1.20 bits per heavy atom.